The van der Waals surface area contributed by atoms with Crippen LogP contribution in [0, 0.1) is 11.6 Å². The molecular formula is C30H27F2N3O2S. The van der Waals surface area contributed by atoms with Gasteiger partial charge in [-0.1, -0.05) is 12.1 Å². The second kappa shape index (κ2) is 9.93. The first kappa shape index (κ1) is 24.7. The van der Waals surface area contributed by atoms with Gasteiger partial charge in [0.25, 0.3) is 5.91 Å². The van der Waals surface area contributed by atoms with E-state index in [1.165, 1.54) is 12.1 Å². The molecule has 1 saturated heterocycles. The quantitative estimate of drug-likeness (QED) is 0.281. The number of hydrogen-bond acceptors (Lipinski definition) is 5. The molecule has 0 aliphatic carbocycles. The van der Waals surface area contributed by atoms with E-state index in [1.807, 2.05) is 65.8 Å². The highest BCUT2D eigenvalue weighted by molar-refractivity contribution is 7.98. The van der Waals surface area contributed by atoms with Crippen molar-refractivity contribution >= 4 is 29.0 Å². The van der Waals surface area contributed by atoms with Gasteiger partial charge in [-0.25, -0.2) is 8.78 Å². The van der Waals surface area contributed by atoms with Gasteiger partial charge in [-0.05, 0) is 72.5 Å². The Bertz CT molecular complexity index is 1470. The Morgan fingerprint density at radius 1 is 0.974 bits per heavy atom. The number of anilines is 2. The third-order valence-electron chi connectivity index (χ3n) is 7.46. The predicted octanol–water partition coefficient (Wildman–Crippen LogP) is 7.01. The monoisotopic (exact) mass is 531 g/mol. The number of halogens is 2. The molecule has 6 rings (SSSR count). The van der Waals surface area contributed by atoms with E-state index in [2.05, 4.69) is 10.2 Å². The van der Waals surface area contributed by atoms with Crippen LogP contribution in [0.1, 0.15) is 28.8 Å². The van der Waals surface area contributed by atoms with Crippen molar-refractivity contribution in [1.82, 2.24) is 4.90 Å². The zero-order chi connectivity index (χ0) is 26.3. The minimum atomic E-state index is -0.841. The number of carbonyl (C=O) groups is 1. The standard InChI is InChI=1S/C30H27F2N3O2S/c1-38-23-8-6-22(7-9-23)35-29(36)24-10-5-21(28-3-2-16-37-28)18-27(24)33-30(35)12-14-34(15-13-30)19-20-4-11-25(31)26(32)17-20/h2-11,16-18,33H,12-15,19H2,1H3. The molecule has 1 aromatic heterocycles. The van der Waals surface area contributed by atoms with E-state index in [4.69, 9.17) is 4.42 Å². The maximum Gasteiger partial charge on any atom is 0.262 e. The lowest BCUT2D eigenvalue weighted by atomic mass is 9.88. The third kappa shape index (κ3) is 4.48. The number of hydrogen-bond donors (Lipinski definition) is 1. The summed E-state index contributed by atoms with van der Waals surface area (Å²) in [5.74, 6) is -0.977. The van der Waals surface area contributed by atoms with Crippen LogP contribution in [0.4, 0.5) is 20.2 Å². The molecule has 38 heavy (non-hydrogen) atoms. The Morgan fingerprint density at radius 3 is 2.45 bits per heavy atom. The summed E-state index contributed by atoms with van der Waals surface area (Å²) in [5.41, 5.74) is 3.24. The Kier molecular flexibility index (Phi) is 6.45. The number of amides is 1. The van der Waals surface area contributed by atoms with Crippen LogP contribution in [0.15, 0.2) is 88.4 Å². The number of fused-ring (bicyclic) bond motifs is 1. The second-order valence-electron chi connectivity index (χ2n) is 9.76. The summed E-state index contributed by atoms with van der Waals surface area (Å²) in [6.07, 6.45) is 4.99. The summed E-state index contributed by atoms with van der Waals surface area (Å²) in [4.78, 5) is 19.3. The average molecular weight is 532 g/mol. The van der Waals surface area contributed by atoms with Crippen LogP contribution in [-0.4, -0.2) is 35.8 Å². The Balaban J connectivity index is 1.33. The molecule has 0 unspecified atom stereocenters. The maximum absolute atomic E-state index is 14.1. The van der Waals surface area contributed by atoms with Crippen LogP contribution in [0.3, 0.4) is 0 Å². The minimum absolute atomic E-state index is 0.0456. The summed E-state index contributed by atoms with van der Waals surface area (Å²) in [5, 5.41) is 3.75. The molecule has 1 amide bonds. The van der Waals surface area contributed by atoms with Crippen LogP contribution in [0.2, 0.25) is 0 Å². The first-order valence-corrected chi connectivity index (χ1v) is 13.8. The lowest BCUT2D eigenvalue weighted by Crippen LogP contribution is -2.64. The number of benzene rings is 3. The second-order valence-corrected chi connectivity index (χ2v) is 10.6. The molecule has 0 bridgehead atoms. The summed E-state index contributed by atoms with van der Waals surface area (Å²) in [6.45, 7) is 1.89. The molecule has 194 valence electrons. The predicted molar refractivity (Wildman–Crippen MR) is 146 cm³/mol. The number of nitrogens with one attached hydrogen (secondary N) is 1. The fourth-order valence-corrected chi connectivity index (χ4v) is 5.88. The molecule has 1 fully saturated rings. The van der Waals surface area contributed by atoms with Gasteiger partial charge in [0.05, 0.1) is 11.8 Å². The molecule has 1 spiro atoms. The first-order valence-electron chi connectivity index (χ1n) is 12.6. The fraction of sp³-hybridized carbons (Fsp3) is 0.233. The smallest absolute Gasteiger partial charge is 0.262 e. The largest absolute Gasteiger partial charge is 0.464 e. The molecule has 5 nitrogen and oxygen atoms in total. The van der Waals surface area contributed by atoms with E-state index in [0.29, 0.717) is 38.0 Å². The molecule has 3 heterocycles. The highest BCUT2D eigenvalue weighted by atomic mass is 32.2. The number of rotatable bonds is 5. The summed E-state index contributed by atoms with van der Waals surface area (Å²) in [7, 11) is 0. The van der Waals surface area contributed by atoms with Gasteiger partial charge < -0.3 is 9.73 Å². The van der Waals surface area contributed by atoms with E-state index in [1.54, 1.807) is 24.1 Å². The van der Waals surface area contributed by atoms with Gasteiger partial charge >= 0.3 is 0 Å². The molecule has 3 aromatic carbocycles. The van der Waals surface area contributed by atoms with Gasteiger partial charge in [0, 0.05) is 54.3 Å². The zero-order valence-electron chi connectivity index (χ0n) is 20.9. The molecule has 1 N–H and O–H groups in total. The van der Waals surface area contributed by atoms with E-state index >= 15 is 0 Å². The maximum atomic E-state index is 14.1. The number of nitrogens with zero attached hydrogens (tertiary/aromatic N) is 2. The van der Waals surface area contributed by atoms with Crippen LogP contribution < -0.4 is 10.2 Å². The highest BCUT2D eigenvalue weighted by Crippen LogP contribution is 2.42. The highest BCUT2D eigenvalue weighted by Gasteiger charge is 2.47. The van der Waals surface area contributed by atoms with Crippen molar-refractivity contribution in [3.8, 4) is 11.3 Å². The van der Waals surface area contributed by atoms with Crippen molar-refractivity contribution in [2.45, 2.75) is 29.9 Å². The Morgan fingerprint density at radius 2 is 1.76 bits per heavy atom. The van der Waals surface area contributed by atoms with Crippen molar-refractivity contribution in [2.24, 2.45) is 0 Å². The molecule has 0 atom stereocenters. The lowest BCUT2D eigenvalue weighted by Gasteiger charge is -2.52. The van der Waals surface area contributed by atoms with Crippen LogP contribution >= 0.6 is 11.8 Å². The summed E-state index contributed by atoms with van der Waals surface area (Å²) in [6, 6.07) is 21.6. The van der Waals surface area contributed by atoms with Gasteiger partial charge in [0.2, 0.25) is 0 Å². The molecule has 4 aromatic rings. The van der Waals surface area contributed by atoms with E-state index in [0.717, 1.165) is 33.2 Å². The number of furan rings is 1. The lowest BCUT2D eigenvalue weighted by molar-refractivity contribution is 0.0904. The van der Waals surface area contributed by atoms with Crippen molar-refractivity contribution < 1.29 is 18.0 Å². The number of carbonyl (C=O) groups excluding carboxylic acids is 1. The van der Waals surface area contributed by atoms with Crippen molar-refractivity contribution in [3.63, 3.8) is 0 Å². The molecule has 8 heteroatoms. The zero-order valence-corrected chi connectivity index (χ0v) is 21.7. The minimum Gasteiger partial charge on any atom is -0.464 e. The molecule has 0 radical (unpaired) electrons. The van der Waals surface area contributed by atoms with Crippen LogP contribution in [0.5, 0.6) is 0 Å². The Hall–Kier alpha value is -3.62. The molecule has 0 saturated carbocycles. The molecular weight excluding hydrogens is 504 g/mol. The normalized spacial score (nSPS) is 16.9. The average Bonchev–Trinajstić information content (AvgIpc) is 3.48. The van der Waals surface area contributed by atoms with Crippen LogP contribution in [-0.2, 0) is 6.54 Å². The first-order chi connectivity index (χ1) is 18.5. The van der Waals surface area contributed by atoms with Gasteiger partial charge in [0.15, 0.2) is 11.6 Å². The van der Waals surface area contributed by atoms with Crippen molar-refractivity contribution in [2.75, 3.05) is 29.6 Å². The molecule has 2 aliphatic rings. The molecule has 2 aliphatic heterocycles. The van der Waals surface area contributed by atoms with Gasteiger partial charge in [-0.15, -0.1) is 11.8 Å². The third-order valence-corrected chi connectivity index (χ3v) is 8.20. The summed E-state index contributed by atoms with van der Waals surface area (Å²) < 4.78 is 32.8. The Labute approximate surface area is 224 Å². The van der Waals surface area contributed by atoms with Crippen molar-refractivity contribution in [1.29, 1.82) is 0 Å². The van der Waals surface area contributed by atoms with Gasteiger partial charge in [-0.3, -0.25) is 14.6 Å². The summed E-state index contributed by atoms with van der Waals surface area (Å²) >= 11 is 1.66. The topological polar surface area (TPSA) is 48.7 Å². The SMILES string of the molecule is CSc1ccc(N2C(=O)c3ccc(-c4ccco4)cc3NC23CCN(Cc2ccc(F)c(F)c2)CC3)cc1. The number of thioether (sulfide) groups is 1. The van der Waals surface area contributed by atoms with E-state index < -0.39 is 17.3 Å². The van der Waals surface area contributed by atoms with Crippen molar-refractivity contribution in [3.05, 3.63) is 102 Å². The number of likely N-dealkylation sites (tertiary alicyclic amines) is 1. The number of piperidine rings is 1. The fourth-order valence-electron chi connectivity index (χ4n) is 5.47. The van der Waals surface area contributed by atoms with E-state index in [-0.39, 0.29) is 5.91 Å². The van der Waals surface area contributed by atoms with E-state index in [9.17, 15) is 13.6 Å². The van der Waals surface area contributed by atoms with Gasteiger partial charge in [0.1, 0.15) is 11.4 Å². The van der Waals surface area contributed by atoms with Crippen LogP contribution in [0.25, 0.3) is 11.3 Å². The van der Waals surface area contributed by atoms with Gasteiger partial charge in [-0.2, -0.15) is 0 Å².